The van der Waals surface area contributed by atoms with Crippen molar-refractivity contribution >= 4 is 17.2 Å². The molecule has 0 radical (unpaired) electrons. The summed E-state index contributed by atoms with van der Waals surface area (Å²) in [6.45, 7) is 0. The Morgan fingerprint density at radius 2 is 1.92 bits per heavy atom. The molecule has 2 N–H and O–H groups in total. The van der Waals surface area contributed by atoms with Gasteiger partial charge in [0, 0.05) is 5.92 Å². The summed E-state index contributed by atoms with van der Waals surface area (Å²) in [7, 11) is 0. The van der Waals surface area contributed by atoms with Crippen LogP contribution >= 0.6 is 0 Å². The van der Waals surface area contributed by atoms with Gasteiger partial charge in [0.2, 0.25) is 5.91 Å². The number of carbonyl (C=O) groups excluding carboxylic acids is 1. The predicted octanol–water partition coefficient (Wildman–Crippen LogP) is 0.820. The molecule has 12 heavy (non-hydrogen) atoms. The highest BCUT2D eigenvalue weighted by Crippen LogP contribution is 2.23. The molecular weight excluding hydrogens is 178 g/mol. The van der Waals surface area contributed by atoms with Gasteiger partial charge in [0.15, 0.2) is 0 Å². The third-order valence-corrected chi connectivity index (χ3v) is 2.54. The van der Waals surface area contributed by atoms with Crippen LogP contribution in [0.1, 0.15) is 32.1 Å². The van der Waals surface area contributed by atoms with E-state index in [1.165, 1.54) is 6.42 Å². The lowest BCUT2D eigenvalue weighted by Crippen LogP contribution is -2.32. The van der Waals surface area contributed by atoms with Gasteiger partial charge in [-0.05, 0) is 12.8 Å². The van der Waals surface area contributed by atoms with Crippen LogP contribution in [0, 0.1) is 5.92 Å². The van der Waals surface area contributed by atoms with E-state index in [0.29, 0.717) is 0 Å². The zero-order chi connectivity index (χ0) is 8.97. The van der Waals surface area contributed by atoms with Gasteiger partial charge < -0.3 is 0 Å². The van der Waals surface area contributed by atoms with Crippen LogP contribution < -0.4 is 4.72 Å². The molecule has 1 aliphatic rings. The summed E-state index contributed by atoms with van der Waals surface area (Å²) < 4.78 is 20.6. The molecule has 1 rings (SSSR count). The van der Waals surface area contributed by atoms with Crippen molar-refractivity contribution in [3.05, 3.63) is 0 Å². The Bertz CT molecular complexity index is 189. The third kappa shape index (κ3) is 2.91. The largest absolute Gasteiger partial charge is 0.289 e. The van der Waals surface area contributed by atoms with Gasteiger partial charge >= 0.3 is 0 Å². The molecule has 1 amide bonds. The van der Waals surface area contributed by atoms with Crippen molar-refractivity contribution in [1.29, 1.82) is 0 Å². The molecule has 0 heterocycles. The van der Waals surface area contributed by atoms with Crippen LogP contribution in [-0.4, -0.2) is 14.7 Å². The Hall–Kier alpha value is -0.420. The van der Waals surface area contributed by atoms with Crippen LogP contribution in [0.3, 0.4) is 0 Å². The second-order valence-corrected chi connectivity index (χ2v) is 3.75. The minimum Gasteiger partial charge on any atom is -0.289 e. The van der Waals surface area contributed by atoms with Crippen molar-refractivity contribution in [3.63, 3.8) is 0 Å². The molecule has 0 aromatic rings. The van der Waals surface area contributed by atoms with Crippen molar-refractivity contribution < 1.29 is 13.6 Å². The van der Waals surface area contributed by atoms with Crippen LogP contribution in [-0.2, 0) is 16.1 Å². The maximum absolute atomic E-state index is 11.1. The van der Waals surface area contributed by atoms with Gasteiger partial charge in [-0.1, -0.05) is 19.3 Å². The molecule has 1 unspecified atom stereocenters. The topological polar surface area (TPSA) is 66.4 Å². The quantitative estimate of drug-likeness (QED) is 0.635. The second kappa shape index (κ2) is 4.57. The standard InChI is InChI=1S/C7H13NO3S/c9-7(8-12(10)11)6-4-2-1-3-5-6/h6H,1-5H2,(H,8,9)(H,10,11). The summed E-state index contributed by atoms with van der Waals surface area (Å²) in [6.07, 6.45) is 4.98. The Kier molecular flexibility index (Phi) is 3.68. The van der Waals surface area contributed by atoms with Crippen LogP contribution in [0.2, 0.25) is 0 Å². The first kappa shape index (κ1) is 9.67. The van der Waals surface area contributed by atoms with Gasteiger partial charge in [-0.25, -0.2) is 4.21 Å². The Morgan fingerprint density at radius 1 is 1.33 bits per heavy atom. The molecule has 1 fully saturated rings. The highest BCUT2D eigenvalue weighted by molar-refractivity contribution is 7.77. The lowest BCUT2D eigenvalue weighted by Gasteiger charge is -2.19. The molecular formula is C7H13NO3S. The van der Waals surface area contributed by atoms with Gasteiger partial charge in [0.05, 0.1) is 0 Å². The van der Waals surface area contributed by atoms with E-state index in [4.69, 9.17) is 4.55 Å². The average molecular weight is 191 g/mol. The molecule has 1 atom stereocenters. The maximum atomic E-state index is 11.1. The van der Waals surface area contributed by atoms with Gasteiger partial charge in [-0.15, -0.1) is 0 Å². The second-order valence-electron chi connectivity index (χ2n) is 3.05. The minimum atomic E-state index is -2.20. The smallest absolute Gasteiger partial charge is 0.261 e. The molecule has 5 heteroatoms. The average Bonchev–Trinajstić information content (AvgIpc) is 2.05. The normalized spacial score (nSPS) is 21.8. The van der Waals surface area contributed by atoms with E-state index in [1.807, 2.05) is 4.72 Å². The molecule has 4 nitrogen and oxygen atoms in total. The molecule has 70 valence electrons. The number of nitrogens with one attached hydrogen (secondary N) is 1. The highest BCUT2D eigenvalue weighted by Gasteiger charge is 2.21. The molecule has 0 saturated heterocycles. The third-order valence-electron chi connectivity index (χ3n) is 2.16. The zero-order valence-electron chi connectivity index (χ0n) is 6.78. The Labute approximate surface area is 74.1 Å². The monoisotopic (exact) mass is 191 g/mol. The first-order valence-corrected chi connectivity index (χ1v) is 5.22. The van der Waals surface area contributed by atoms with E-state index >= 15 is 0 Å². The summed E-state index contributed by atoms with van der Waals surface area (Å²) in [5.74, 6) is -0.328. The molecule has 0 aromatic heterocycles. The summed E-state index contributed by atoms with van der Waals surface area (Å²) >= 11 is -2.20. The minimum absolute atomic E-state index is 0.0464. The summed E-state index contributed by atoms with van der Waals surface area (Å²) in [5, 5.41) is 0. The summed E-state index contributed by atoms with van der Waals surface area (Å²) in [4.78, 5) is 11.1. The van der Waals surface area contributed by atoms with Gasteiger partial charge in [-0.3, -0.25) is 14.1 Å². The molecule has 0 bridgehead atoms. The predicted molar refractivity (Wildman–Crippen MR) is 45.5 cm³/mol. The van der Waals surface area contributed by atoms with E-state index in [9.17, 15) is 9.00 Å². The van der Waals surface area contributed by atoms with Crippen LogP contribution in [0.25, 0.3) is 0 Å². The fourth-order valence-corrected chi connectivity index (χ4v) is 1.87. The van der Waals surface area contributed by atoms with E-state index in [1.54, 1.807) is 0 Å². The molecule has 0 aliphatic heterocycles. The highest BCUT2D eigenvalue weighted by atomic mass is 32.2. The first-order chi connectivity index (χ1) is 5.70. The van der Waals surface area contributed by atoms with Crippen molar-refractivity contribution in [2.45, 2.75) is 32.1 Å². The van der Waals surface area contributed by atoms with Crippen molar-refractivity contribution in [1.82, 2.24) is 4.72 Å². The van der Waals surface area contributed by atoms with Crippen molar-refractivity contribution in [2.24, 2.45) is 5.92 Å². The first-order valence-electron chi connectivity index (χ1n) is 4.11. The van der Waals surface area contributed by atoms with Crippen LogP contribution in [0.5, 0.6) is 0 Å². The van der Waals surface area contributed by atoms with E-state index in [-0.39, 0.29) is 11.8 Å². The maximum Gasteiger partial charge on any atom is 0.261 e. The van der Waals surface area contributed by atoms with Gasteiger partial charge in [0.25, 0.3) is 11.3 Å². The number of carbonyl (C=O) groups is 1. The summed E-state index contributed by atoms with van der Waals surface area (Å²) in [5.41, 5.74) is 0. The SMILES string of the molecule is O=C(NS(=O)O)C1CCCCC1. The molecule has 1 saturated carbocycles. The Balaban J connectivity index is 2.34. The van der Waals surface area contributed by atoms with E-state index in [2.05, 4.69) is 0 Å². The molecule has 0 spiro atoms. The summed E-state index contributed by atoms with van der Waals surface area (Å²) in [6, 6.07) is 0. The lowest BCUT2D eigenvalue weighted by molar-refractivity contribution is -0.124. The number of rotatable bonds is 2. The van der Waals surface area contributed by atoms with Crippen LogP contribution in [0.15, 0.2) is 0 Å². The van der Waals surface area contributed by atoms with Crippen molar-refractivity contribution in [3.8, 4) is 0 Å². The zero-order valence-corrected chi connectivity index (χ0v) is 7.60. The number of amides is 1. The molecule has 0 aromatic carbocycles. The van der Waals surface area contributed by atoms with E-state index < -0.39 is 11.3 Å². The van der Waals surface area contributed by atoms with E-state index in [0.717, 1.165) is 25.7 Å². The number of hydrogen-bond acceptors (Lipinski definition) is 2. The van der Waals surface area contributed by atoms with Crippen LogP contribution in [0.4, 0.5) is 0 Å². The molecule has 1 aliphatic carbocycles. The lowest BCUT2D eigenvalue weighted by atomic mass is 9.89. The van der Waals surface area contributed by atoms with Gasteiger partial charge in [0.1, 0.15) is 0 Å². The van der Waals surface area contributed by atoms with Crippen molar-refractivity contribution in [2.75, 3.05) is 0 Å². The fourth-order valence-electron chi connectivity index (χ4n) is 1.53. The van der Waals surface area contributed by atoms with Gasteiger partial charge in [-0.2, -0.15) is 0 Å². The fraction of sp³-hybridized carbons (Fsp3) is 0.857. The number of hydrogen-bond donors (Lipinski definition) is 2. The Morgan fingerprint density at radius 3 is 2.42 bits per heavy atom.